The highest BCUT2D eigenvalue weighted by Gasteiger charge is 2.30. The van der Waals surface area contributed by atoms with E-state index in [1.807, 2.05) is 0 Å². The third-order valence-corrected chi connectivity index (χ3v) is 3.62. The van der Waals surface area contributed by atoms with Crippen LogP contribution in [-0.2, 0) is 17.3 Å². The van der Waals surface area contributed by atoms with Gasteiger partial charge in [-0.05, 0) is 18.6 Å². The van der Waals surface area contributed by atoms with Gasteiger partial charge in [0.15, 0.2) is 0 Å². The van der Waals surface area contributed by atoms with Gasteiger partial charge in [-0.2, -0.15) is 13.2 Å². The molecule has 2 aromatic rings. The zero-order valence-electron chi connectivity index (χ0n) is 11.1. The van der Waals surface area contributed by atoms with Crippen LogP contribution in [0.15, 0.2) is 30.5 Å². The van der Waals surface area contributed by atoms with E-state index in [4.69, 9.17) is 4.74 Å². The Morgan fingerprint density at radius 2 is 2.14 bits per heavy atom. The topological polar surface area (TPSA) is 39.2 Å². The van der Waals surface area contributed by atoms with Crippen LogP contribution in [0.4, 0.5) is 13.2 Å². The summed E-state index contributed by atoms with van der Waals surface area (Å²) in [6, 6.07) is 5.07. The van der Waals surface area contributed by atoms with Crippen molar-refractivity contribution in [1.29, 1.82) is 0 Å². The van der Waals surface area contributed by atoms with Crippen molar-refractivity contribution in [3.05, 3.63) is 51.5 Å². The summed E-state index contributed by atoms with van der Waals surface area (Å²) >= 11 is 1.12. The second kappa shape index (κ2) is 6.26. The first-order valence-corrected chi connectivity index (χ1v) is 6.99. The highest BCUT2D eigenvalue weighted by Crippen LogP contribution is 2.30. The van der Waals surface area contributed by atoms with E-state index in [-0.39, 0.29) is 13.0 Å². The molecule has 0 aliphatic rings. The van der Waals surface area contributed by atoms with Crippen LogP contribution in [0.25, 0.3) is 0 Å². The van der Waals surface area contributed by atoms with E-state index in [0.29, 0.717) is 15.4 Å². The summed E-state index contributed by atoms with van der Waals surface area (Å²) in [5.41, 5.74) is -0.197. The van der Waals surface area contributed by atoms with Crippen molar-refractivity contribution in [3.63, 3.8) is 0 Å². The Kier molecular flexibility index (Phi) is 4.62. The molecule has 0 saturated carbocycles. The number of hydrogen-bond donors (Lipinski definition) is 0. The number of aromatic nitrogens is 1. The van der Waals surface area contributed by atoms with Gasteiger partial charge in [0.05, 0.1) is 23.4 Å². The number of carbonyl (C=O) groups is 1. The van der Waals surface area contributed by atoms with Crippen LogP contribution in [0.2, 0.25) is 0 Å². The maximum absolute atomic E-state index is 12.6. The molecular weight excluding hydrogens is 303 g/mol. The Balaban J connectivity index is 2.14. The van der Waals surface area contributed by atoms with Crippen LogP contribution >= 0.6 is 11.3 Å². The Labute approximate surface area is 123 Å². The fourth-order valence-electron chi connectivity index (χ4n) is 1.72. The molecule has 0 saturated heterocycles. The van der Waals surface area contributed by atoms with Gasteiger partial charge in [0.1, 0.15) is 4.88 Å². The van der Waals surface area contributed by atoms with Gasteiger partial charge in [-0.15, -0.1) is 11.3 Å². The van der Waals surface area contributed by atoms with Crippen molar-refractivity contribution in [3.8, 4) is 0 Å². The summed E-state index contributed by atoms with van der Waals surface area (Å²) in [5, 5.41) is 0.567. The van der Waals surface area contributed by atoms with Crippen molar-refractivity contribution >= 4 is 17.3 Å². The number of ether oxygens (including phenoxy) is 1. The molecule has 3 nitrogen and oxygen atoms in total. The normalized spacial score (nSPS) is 11.4. The van der Waals surface area contributed by atoms with E-state index >= 15 is 0 Å². The standard InChI is InChI=1S/C14H12F3NO2S/c1-2-20-13(19)11-8-18-12(21-11)7-9-4-3-5-10(6-9)14(15,16)17/h3-6,8H,2,7H2,1H3. The smallest absolute Gasteiger partial charge is 0.416 e. The minimum atomic E-state index is -4.37. The van der Waals surface area contributed by atoms with Crippen LogP contribution < -0.4 is 0 Å². The second-order valence-corrected chi connectivity index (χ2v) is 5.33. The molecular formula is C14H12F3NO2S. The van der Waals surface area contributed by atoms with E-state index in [1.165, 1.54) is 12.3 Å². The van der Waals surface area contributed by atoms with Gasteiger partial charge in [-0.25, -0.2) is 9.78 Å². The van der Waals surface area contributed by atoms with Crippen molar-refractivity contribution in [2.24, 2.45) is 0 Å². The van der Waals surface area contributed by atoms with E-state index in [0.717, 1.165) is 23.5 Å². The van der Waals surface area contributed by atoms with Gasteiger partial charge in [-0.3, -0.25) is 0 Å². The van der Waals surface area contributed by atoms with Crippen molar-refractivity contribution in [1.82, 2.24) is 4.98 Å². The number of alkyl halides is 3. The second-order valence-electron chi connectivity index (χ2n) is 4.21. The van der Waals surface area contributed by atoms with Gasteiger partial charge in [0.25, 0.3) is 0 Å². The first-order chi connectivity index (χ1) is 9.90. The van der Waals surface area contributed by atoms with Gasteiger partial charge in [0.2, 0.25) is 0 Å². The average molecular weight is 315 g/mol. The fraction of sp³-hybridized carbons (Fsp3) is 0.286. The quantitative estimate of drug-likeness (QED) is 0.803. The Morgan fingerprint density at radius 3 is 2.81 bits per heavy atom. The molecule has 1 aromatic carbocycles. The summed E-state index contributed by atoms with van der Waals surface area (Å²) < 4.78 is 42.7. The van der Waals surface area contributed by atoms with Crippen molar-refractivity contribution in [2.45, 2.75) is 19.5 Å². The first kappa shape index (κ1) is 15.5. The Bertz CT molecular complexity index is 637. The predicted molar refractivity (Wildman–Crippen MR) is 72.3 cm³/mol. The molecule has 0 spiro atoms. The molecule has 112 valence electrons. The molecule has 21 heavy (non-hydrogen) atoms. The number of halogens is 3. The molecule has 0 unspecified atom stereocenters. The minimum Gasteiger partial charge on any atom is -0.462 e. The monoisotopic (exact) mass is 315 g/mol. The maximum atomic E-state index is 12.6. The number of esters is 1. The van der Waals surface area contributed by atoms with Gasteiger partial charge >= 0.3 is 12.1 Å². The molecule has 0 radical (unpaired) electrons. The Hall–Kier alpha value is -1.89. The molecule has 0 atom stereocenters. The lowest BCUT2D eigenvalue weighted by molar-refractivity contribution is -0.137. The number of rotatable bonds is 4. The van der Waals surface area contributed by atoms with Crippen molar-refractivity contribution < 1.29 is 22.7 Å². The summed E-state index contributed by atoms with van der Waals surface area (Å²) in [4.78, 5) is 15.9. The Morgan fingerprint density at radius 1 is 1.38 bits per heavy atom. The highest BCUT2D eigenvalue weighted by molar-refractivity contribution is 7.13. The molecule has 0 amide bonds. The van der Waals surface area contributed by atoms with Crippen LogP contribution in [-0.4, -0.2) is 17.6 Å². The van der Waals surface area contributed by atoms with Crippen LogP contribution in [0.3, 0.4) is 0 Å². The van der Waals surface area contributed by atoms with E-state index in [2.05, 4.69) is 4.98 Å². The molecule has 0 bridgehead atoms. The summed E-state index contributed by atoms with van der Waals surface area (Å²) in [6.45, 7) is 1.96. The molecule has 0 fully saturated rings. The number of thiazole rings is 1. The lowest BCUT2D eigenvalue weighted by atomic mass is 10.1. The highest BCUT2D eigenvalue weighted by atomic mass is 32.1. The van der Waals surface area contributed by atoms with E-state index < -0.39 is 17.7 Å². The van der Waals surface area contributed by atoms with Gasteiger partial charge in [-0.1, -0.05) is 18.2 Å². The first-order valence-electron chi connectivity index (χ1n) is 6.18. The summed E-state index contributed by atoms with van der Waals surface area (Å²) in [7, 11) is 0. The van der Waals surface area contributed by atoms with E-state index in [9.17, 15) is 18.0 Å². The molecule has 1 aromatic heterocycles. The number of nitrogens with zero attached hydrogens (tertiary/aromatic N) is 1. The predicted octanol–water partition coefficient (Wildman–Crippen LogP) is 3.93. The van der Waals surface area contributed by atoms with Crippen LogP contribution in [0.5, 0.6) is 0 Å². The third-order valence-electron chi connectivity index (χ3n) is 2.64. The molecule has 1 heterocycles. The van der Waals surface area contributed by atoms with Crippen LogP contribution in [0.1, 0.15) is 32.7 Å². The van der Waals surface area contributed by atoms with Gasteiger partial charge < -0.3 is 4.74 Å². The number of benzene rings is 1. The maximum Gasteiger partial charge on any atom is 0.416 e. The third kappa shape index (κ3) is 4.04. The minimum absolute atomic E-state index is 0.244. The summed E-state index contributed by atoms with van der Waals surface area (Å²) in [5.74, 6) is -0.467. The molecule has 0 N–H and O–H groups in total. The zero-order chi connectivity index (χ0) is 15.5. The molecule has 2 rings (SSSR count). The SMILES string of the molecule is CCOC(=O)c1cnc(Cc2cccc(C(F)(F)F)c2)s1. The fourth-order valence-corrected chi connectivity index (χ4v) is 2.57. The molecule has 7 heteroatoms. The van der Waals surface area contributed by atoms with Crippen LogP contribution in [0, 0.1) is 0 Å². The van der Waals surface area contributed by atoms with Crippen molar-refractivity contribution in [2.75, 3.05) is 6.61 Å². The number of carbonyl (C=O) groups excluding carboxylic acids is 1. The molecule has 0 aliphatic carbocycles. The van der Waals surface area contributed by atoms with Gasteiger partial charge in [0, 0.05) is 6.42 Å². The summed E-state index contributed by atoms with van der Waals surface area (Å²) in [6.07, 6.45) is -2.74. The van der Waals surface area contributed by atoms with E-state index in [1.54, 1.807) is 13.0 Å². The number of hydrogen-bond acceptors (Lipinski definition) is 4. The largest absolute Gasteiger partial charge is 0.462 e. The lowest BCUT2D eigenvalue weighted by Gasteiger charge is -2.07. The average Bonchev–Trinajstić information content (AvgIpc) is 2.87. The lowest BCUT2D eigenvalue weighted by Crippen LogP contribution is -2.05. The zero-order valence-corrected chi connectivity index (χ0v) is 11.9. The molecule has 0 aliphatic heterocycles.